The minimum atomic E-state index is -0.204. The quantitative estimate of drug-likeness (QED) is 0.687. The Labute approximate surface area is 97.8 Å². The number of nitrogens with zero attached hydrogens (tertiary/aromatic N) is 1. The molecule has 0 saturated carbocycles. The van der Waals surface area contributed by atoms with Crippen molar-refractivity contribution in [2.75, 3.05) is 6.54 Å². The van der Waals surface area contributed by atoms with Gasteiger partial charge in [0.1, 0.15) is 6.04 Å². The van der Waals surface area contributed by atoms with Crippen LogP contribution in [-0.2, 0) is 4.79 Å². The first-order chi connectivity index (χ1) is 7.77. The maximum absolute atomic E-state index is 12.2. The van der Waals surface area contributed by atoms with Gasteiger partial charge in [-0.3, -0.25) is 9.59 Å². The zero-order chi connectivity index (χ0) is 11.1. The predicted octanol–water partition coefficient (Wildman–Crippen LogP) is 1.92. The summed E-state index contributed by atoms with van der Waals surface area (Å²) < 4.78 is 0. The van der Waals surface area contributed by atoms with Crippen molar-refractivity contribution in [3.05, 3.63) is 29.8 Å². The summed E-state index contributed by atoms with van der Waals surface area (Å²) in [6.07, 6.45) is 1.75. The van der Waals surface area contributed by atoms with Gasteiger partial charge in [0, 0.05) is 11.4 Å². The predicted molar refractivity (Wildman–Crippen MR) is 61.4 cm³/mol. The maximum Gasteiger partial charge on any atom is 0.255 e. The van der Waals surface area contributed by atoms with Crippen LogP contribution in [-0.4, -0.2) is 28.5 Å². The van der Waals surface area contributed by atoms with Crippen LogP contribution < -0.4 is 0 Å². The second-order valence-electron chi connectivity index (χ2n) is 4.07. The van der Waals surface area contributed by atoms with Crippen LogP contribution >= 0.6 is 11.8 Å². The maximum atomic E-state index is 12.2. The number of thioether (sulfide) groups is 1. The minimum Gasteiger partial charge on any atom is -0.328 e. The summed E-state index contributed by atoms with van der Waals surface area (Å²) in [6.45, 7) is 0.712. The average Bonchev–Trinajstić information content (AvgIpc) is 2.74. The largest absolute Gasteiger partial charge is 0.328 e. The first kappa shape index (κ1) is 9.90. The summed E-state index contributed by atoms with van der Waals surface area (Å²) in [5, 5.41) is 0.107. The monoisotopic (exact) mass is 233 g/mol. The molecule has 2 aliphatic rings. The highest BCUT2D eigenvalue weighted by Crippen LogP contribution is 2.34. The zero-order valence-electron chi connectivity index (χ0n) is 8.68. The van der Waals surface area contributed by atoms with E-state index in [1.165, 1.54) is 11.8 Å². The molecule has 0 spiro atoms. The van der Waals surface area contributed by atoms with E-state index >= 15 is 0 Å². The van der Waals surface area contributed by atoms with Crippen LogP contribution in [0.4, 0.5) is 0 Å². The molecule has 0 radical (unpaired) electrons. The molecule has 1 aromatic carbocycles. The van der Waals surface area contributed by atoms with Gasteiger partial charge in [-0.05, 0) is 36.7 Å². The molecule has 1 fully saturated rings. The van der Waals surface area contributed by atoms with Gasteiger partial charge < -0.3 is 4.90 Å². The number of carbonyl (C=O) groups is 2. The van der Waals surface area contributed by atoms with Crippen LogP contribution in [0.3, 0.4) is 0 Å². The molecule has 0 N–H and O–H groups in total. The molecule has 0 aliphatic carbocycles. The molecule has 0 aromatic heterocycles. The number of hydrogen-bond acceptors (Lipinski definition) is 3. The Morgan fingerprint density at radius 3 is 2.94 bits per heavy atom. The molecule has 2 heterocycles. The zero-order valence-corrected chi connectivity index (χ0v) is 9.50. The van der Waals surface area contributed by atoms with Gasteiger partial charge >= 0.3 is 0 Å². The van der Waals surface area contributed by atoms with Gasteiger partial charge in [0.2, 0.25) is 5.12 Å². The van der Waals surface area contributed by atoms with Gasteiger partial charge in [0.15, 0.2) is 0 Å². The Hall–Kier alpha value is -1.29. The summed E-state index contributed by atoms with van der Waals surface area (Å²) in [5.41, 5.74) is 0.672. The Bertz CT molecular complexity index is 472. The van der Waals surface area contributed by atoms with Gasteiger partial charge in [-0.15, -0.1) is 0 Å². The number of fused-ring (bicyclic) bond motifs is 2. The highest BCUT2D eigenvalue weighted by molar-refractivity contribution is 8.13. The van der Waals surface area contributed by atoms with Crippen molar-refractivity contribution in [3.8, 4) is 0 Å². The van der Waals surface area contributed by atoms with Crippen LogP contribution in [0.2, 0.25) is 0 Å². The van der Waals surface area contributed by atoms with E-state index in [4.69, 9.17) is 0 Å². The molecular formula is C12H11NO2S. The van der Waals surface area contributed by atoms with E-state index in [9.17, 15) is 9.59 Å². The molecule has 1 aromatic rings. The molecule has 1 amide bonds. The van der Waals surface area contributed by atoms with E-state index in [2.05, 4.69) is 0 Å². The van der Waals surface area contributed by atoms with Crippen LogP contribution in [0.5, 0.6) is 0 Å². The van der Waals surface area contributed by atoms with E-state index in [1.54, 1.807) is 11.0 Å². The van der Waals surface area contributed by atoms with Gasteiger partial charge in [-0.25, -0.2) is 0 Å². The lowest BCUT2D eigenvalue weighted by Crippen LogP contribution is -2.37. The molecule has 16 heavy (non-hydrogen) atoms. The SMILES string of the molecule is O=C1Sc2ccccc2C(=O)N2CCCC12. The second kappa shape index (κ2) is 3.63. The lowest BCUT2D eigenvalue weighted by molar-refractivity contribution is -0.114. The van der Waals surface area contributed by atoms with Crippen molar-refractivity contribution >= 4 is 22.8 Å². The standard InChI is InChI=1S/C12H11NO2S/c14-11-8-4-1-2-6-10(8)16-12(15)9-5-3-7-13(9)11/h1-2,4,6,9H,3,5,7H2. The first-order valence-electron chi connectivity index (χ1n) is 5.39. The normalized spacial score (nSPS) is 24.0. The van der Waals surface area contributed by atoms with E-state index in [0.29, 0.717) is 12.1 Å². The molecule has 1 atom stereocenters. The highest BCUT2D eigenvalue weighted by Gasteiger charge is 2.38. The van der Waals surface area contributed by atoms with Crippen molar-refractivity contribution in [1.82, 2.24) is 4.90 Å². The van der Waals surface area contributed by atoms with E-state index in [1.807, 2.05) is 18.2 Å². The number of rotatable bonds is 0. The topological polar surface area (TPSA) is 37.4 Å². The van der Waals surface area contributed by atoms with Gasteiger partial charge in [0.05, 0.1) is 5.56 Å². The Kier molecular flexibility index (Phi) is 2.24. The van der Waals surface area contributed by atoms with Crippen molar-refractivity contribution in [2.45, 2.75) is 23.8 Å². The van der Waals surface area contributed by atoms with E-state index in [0.717, 1.165) is 17.7 Å². The molecule has 0 bridgehead atoms. The lowest BCUT2D eigenvalue weighted by atomic mass is 10.2. The Morgan fingerprint density at radius 2 is 2.06 bits per heavy atom. The van der Waals surface area contributed by atoms with Gasteiger partial charge in [0.25, 0.3) is 5.91 Å². The summed E-state index contributed by atoms with van der Waals surface area (Å²) in [6, 6.07) is 7.15. The third kappa shape index (κ3) is 1.37. The highest BCUT2D eigenvalue weighted by atomic mass is 32.2. The molecule has 1 unspecified atom stereocenters. The van der Waals surface area contributed by atoms with E-state index < -0.39 is 0 Å². The molecule has 3 rings (SSSR count). The van der Waals surface area contributed by atoms with Gasteiger partial charge in [-0.1, -0.05) is 12.1 Å². The molecule has 2 aliphatic heterocycles. The van der Waals surface area contributed by atoms with Crippen molar-refractivity contribution in [1.29, 1.82) is 0 Å². The van der Waals surface area contributed by atoms with Crippen LogP contribution in [0, 0.1) is 0 Å². The third-order valence-corrected chi connectivity index (χ3v) is 4.16. The molecule has 3 nitrogen and oxygen atoms in total. The second-order valence-corrected chi connectivity index (χ2v) is 5.12. The first-order valence-corrected chi connectivity index (χ1v) is 6.21. The summed E-state index contributed by atoms with van der Waals surface area (Å²) in [7, 11) is 0. The van der Waals surface area contributed by atoms with Crippen molar-refractivity contribution in [3.63, 3.8) is 0 Å². The fourth-order valence-corrected chi connectivity index (χ4v) is 3.33. The summed E-state index contributed by atoms with van der Waals surface area (Å²) >= 11 is 1.21. The summed E-state index contributed by atoms with van der Waals surface area (Å²) in [4.78, 5) is 26.7. The molecule has 1 saturated heterocycles. The van der Waals surface area contributed by atoms with E-state index in [-0.39, 0.29) is 17.1 Å². The minimum absolute atomic E-state index is 0.0106. The Balaban J connectivity index is 2.11. The molecule has 4 heteroatoms. The fraction of sp³-hybridized carbons (Fsp3) is 0.333. The van der Waals surface area contributed by atoms with Crippen molar-refractivity contribution in [2.24, 2.45) is 0 Å². The fourth-order valence-electron chi connectivity index (χ4n) is 2.32. The molecule has 82 valence electrons. The van der Waals surface area contributed by atoms with Crippen LogP contribution in [0.1, 0.15) is 23.2 Å². The van der Waals surface area contributed by atoms with Gasteiger partial charge in [-0.2, -0.15) is 0 Å². The number of benzene rings is 1. The smallest absolute Gasteiger partial charge is 0.255 e. The van der Waals surface area contributed by atoms with Crippen LogP contribution in [0.15, 0.2) is 29.2 Å². The number of carbonyl (C=O) groups excluding carboxylic acids is 2. The van der Waals surface area contributed by atoms with Crippen LogP contribution in [0.25, 0.3) is 0 Å². The van der Waals surface area contributed by atoms with Crippen molar-refractivity contribution < 1.29 is 9.59 Å². The lowest BCUT2D eigenvalue weighted by Gasteiger charge is -2.20. The number of hydrogen-bond donors (Lipinski definition) is 0. The summed E-state index contributed by atoms with van der Waals surface area (Å²) in [5.74, 6) is 0.0106. The Morgan fingerprint density at radius 1 is 1.25 bits per heavy atom. The molecular weight excluding hydrogens is 222 g/mol. The number of amides is 1. The average molecular weight is 233 g/mol. The third-order valence-electron chi connectivity index (χ3n) is 3.11.